The van der Waals surface area contributed by atoms with Crippen LogP contribution < -0.4 is 11.5 Å². The Morgan fingerprint density at radius 2 is 1.91 bits per heavy atom. The average Bonchev–Trinajstić information content (AvgIpc) is 2.05. The van der Waals surface area contributed by atoms with Gasteiger partial charge in [0.05, 0.1) is 0 Å². The lowest BCUT2D eigenvalue weighted by atomic mass is 9.72. The molecule has 2 heteroatoms. The van der Waals surface area contributed by atoms with Gasteiger partial charge in [0.25, 0.3) is 0 Å². The molecule has 66 valence electrons. The van der Waals surface area contributed by atoms with Crippen LogP contribution in [-0.4, -0.2) is 12.1 Å². The van der Waals surface area contributed by atoms with Gasteiger partial charge in [0.1, 0.15) is 0 Å². The highest BCUT2D eigenvalue weighted by Crippen LogP contribution is 2.47. The van der Waals surface area contributed by atoms with E-state index < -0.39 is 0 Å². The first-order chi connectivity index (χ1) is 4.92. The van der Waals surface area contributed by atoms with Crippen molar-refractivity contribution in [1.29, 1.82) is 0 Å². The predicted octanol–water partition coefficient (Wildman–Crippen LogP) is 1.10. The molecule has 11 heavy (non-hydrogen) atoms. The van der Waals surface area contributed by atoms with Crippen LogP contribution >= 0.6 is 0 Å². The Balaban J connectivity index is 2.81. The highest BCUT2D eigenvalue weighted by Gasteiger charge is 2.48. The lowest BCUT2D eigenvalue weighted by Gasteiger charge is -2.38. The van der Waals surface area contributed by atoms with Crippen LogP contribution in [0.2, 0.25) is 0 Å². The smallest absolute Gasteiger partial charge is 0.0180 e. The van der Waals surface area contributed by atoms with Crippen LogP contribution in [0.1, 0.15) is 33.6 Å². The molecule has 0 amide bonds. The van der Waals surface area contributed by atoms with Gasteiger partial charge in [-0.3, -0.25) is 0 Å². The van der Waals surface area contributed by atoms with Crippen molar-refractivity contribution in [2.45, 2.75) is 39.2 Å². The summed E-state index contributed by atoms with van der Waals surface area (Å²) in [6.07, 6.45) is 2.30. The minimum absolute atomic E-state index is 0.0168. The summed E-state index contributed by atoms with van der Waals surface area (Å²) in [6, 6.07) is 0. The van der Waals surface area contributed by atoms with E-state index in [1.165, 1.54) is 6.42 Å². The Morgan fingerprint density at radius 3 is 2.09 bits per heavy atom. The lowest BCUT2D eigenvalue weighted by Crippen LogP contribution is -2.49. The van der Waals surface area contributed by atoms with Crippen molar-refractivity contribution >= 4 is 0 Å². The topological polar surface area (TPSA) is 52.0 Å². The molecule has 0 aromatic heterocycles. The quantitative estimate of drug-likeness (QED) is 0.597. The van der Waals surface area contributed by atoms with E-state index in [0.717, 1.165) is 13.0 Å². The second kappa shape index (κ2) is 2.46. The van der Waals surface area contributed by atoms with Crippen molar-refractivity contribution in [2.75, 3.05) is 6.54 Å². The summed E-state index contributed by atoms with van der Waals surface area (Å²) >= 11 is 0. The Bertz CT molecular complexity index is 150. The fourth-order valence-corrected chi connectivity index (χ4v) is 2.04. The minimum atomic E-state index is -0.0168. The molecule has 0 aromatic carbocycles. The van der Waals surface area contributed by atoms with Gasteiger partial charge in [0.2, 0.25) is 0 Å². The van der Waals surface area contributed by atoms with Crippen molar-refractivity contribution in [3.8, 4) is 0 Å². The van der Waals surface area contributed by atoms with E-state index in [-0.39, 0.29) is 11.0 Å². The highest BCUT2D eigenvalue weighted by atomic mass is 14.8. The zero-order valence-corrected chi connectivity index (χ0v) is 7.85. The first kappa shape index (κ1) is 9.01. The van der Waals surface area contributed by atoms with Crippen molar-refractivity contribution in [3.63, 3.8) is 0 Å². The summed E-state index contributed by atoms with van der Waals surface area (Å²) in [4.78, 5) is 0. The molecule has 2 nitrogen and oxygen atoms in total. The van der Waals surface area contributed by atoms with Crippen molar-refractivity contribution in [1.82, 2.24) is 0 Å². The number of hydrogen-bond acceptors (Lipinski definition) is 2. The molecule has 0 heterocycles. The first-order valence-electron chi connectivity index (χ1n) is 4.41. The van der Waals surface area contributed by atoms with Crippen molar-refractivity contribution in [2.24, 2.45) is 22.8 Å². The molecule has 0 radical (unpaired) electrons. The van der Waals surface area contributed by atoms with Crippen LogP contribution in [0.5, 0.6) is 0 Å². The summed E-state index contributed by atoms with van der Waals surface area (Å²) in [5.74, 6) is 0.609. The third-order valence-corrected chi connectivity index (χ3v) is 3.79. The molecule has 1 fully saturated rings. The summed E-state index contributed by atoms with van der Waals surface area (Å²) in [6.45, 7) is 7.39. The van der Waals surface area contributed by atoms with Gasteiger partial charge in [-0.05, 0) is 37.6 Å². The Morgan fingerprint density at radius 1 is 1.36 bits per heavy atom. The molecular formula is C9H20N2. The fraction of sp³-hybridized carbons (Fsp3) is 1.00. The first-order valence-corrected chi connectivity index (χ1v) is 4.41. The van der Waals surface area contributed by atoms with Gasteiger partial charge >= 0.3 is 0 Å². The zero-order valence-electron chi connectivity index (χ0n) is 7.85. The maximum atomic E-state index is 6.17. The predicted molar refractivity (Wildman–Crippen MR) is 48.2 cm³/mol. The molecule has 0 bridgehead atoms. The molecule has 0 aliphatic heterocycles. The normalized spacial score (nSPS) is 42.8. The lowest BCUT2D eigenvalue weighted by molar-refractivity contribution is 0.169. The van der Waals surface area contributed by atoms with E-state index in [9.17, 15) is 0 Å². The summed E-state index contributed by atoms with van der Waals surface area (Å²) in [5.41, 5.74) is 12.0. The third kappa shape index (κ3) is 1.18. The molecule has 1 aliphatic carbocycles. The van der Waals surface area contributed by atoms with Crippen LogP contribution in [0, 0.1) is 11.3 Å². The van der Waals surface area contributed by atoms with Crippen LogP contribution in [0.15, 0.2) is 0 Å². The second-order valence-electron chi connectivity index (χ2n) is 4.61. The van der Waals surface area contributed by atoms with E-state index >= 15 is 0 Å². The summed E-state index contributed by atoms with van der Waals surface area (Å²) in [7, 11) is 0. The monoisotopic (exact) mass is 156 g/mol. The molecule has 1 rings (SSSR count). The maximum Gasteiger partial charge on any atom is 0.0180 e. The average molecular weight is 156 g/mol. The van der Waals surface area contributed by atoms with Gasteiger partial charge in [-0.1, -0.05) is 13.8 Å². The van der Waals surface area contributed by atoms with Crippen LogP contribution in [0.4, 0.5) is 0 Å². The molecule has 1 saturated carbocycles. The second-order valence-corrected chi connectivity index (χ2v) is 4.61. The third-order valence-electron chi connectivity index (χ3n) is 3.79. The van der Waals surface area contributed by atoms with Gasteiger partial charge < -0.3 is 11.5 Å². The van der Waals surface area contributed by atoms with Gasteiger partial charge in [0.15, 0.2) is 0 Å². The largest absolute Gasteiger partial charge is 0.330 e. The van der Waals surface area contributed by atoms with Crippen LogP contribution in [-0.2, 0) is 0 Å². The molecule has 0 saturated heterocycles. The van der Waals surface area contributed by atoms with Gasteiger partial charge in [-0.2, -0.15) is 0 Å². The Labute approximate surface area is 69.3 Å². The van der Waals surface area contributed by atoms with Crippen molar-refractivity contribution in [3.05, 3.63) is 0 Å². The number of rotatable bonds is 1. The molecule has 0 spiro atoms. The Kier molecular flexibility index (Phi) is 2.01. The molecule has 2 atom stereocenters. The minimum Gasteiger partial charge on any atom is -0.330 e. The van der Waals surface area contributed by atoms with E-state index in [2.05, 4.69) is 20.8 Å². The van der Waals surface area contributed by atoms with Crippen molar-refractivity contribution < 1.29 is 0 Å². The Hall–Kier alpha value is -0.0800. The highest BCUT2D eigenvalue weighted by molar-refractivity contribution is 5.04. The fourth-order valence-electron chi connectivity index (χ4n) is 2.04. The standard InChI is InChI=1S/C9H20N2/c1-8(2)7(6-10)4-5-9(8,3)11/h7H,4-6,10-11H2,1-3H3. The van der Waals surface area contributed by atoms with Crippen LogP contribution in [0.3, 0.4) is 0 Å². The molecule has 2 unspecified atom stereocenters. The molecule has 1 aliphatic rings. The van der Waals surface area contributed by atoms with Gasteiger partial charge in [-0.15, -0.1) is 0 Å². The maximum absolute atomic E-state index is 6.17. The molecular weight excluding hydrogens is 136 g/mol. The number of nitrogens with two attached hydrogens (primary N) is 2. The molecule has 4 N–H and O–H groups in total. The zero-order chi connectivity index (χ0) is 8.70. The van der Waals surface area contributed by atoms with E-state index in [4.69, 9.17) is 11.5 Å². The molecule has 0 aromatic rings. The summed E-state index contributed by atoms with van der Waals surface area (Å²) < 4.78 is 0. The van der Waals surface area contributed by atoms with E-state index in [0.29, 0.717) is 5.92 Å². The van der Waals surface area contributed by atoms with Gasteiger partial charge in [-0.25, -0.2) is 0 Å². The van der Waals surface area contributed by atoms with Gasteiger partial charge in [0, 0.05) is 5.54 Å². The van der Waals surface area contributed by atoms with E-state index in [1.54, 1.807) is 0 Å². The summed E-state index contributed by atoms with van der Waals surface area (Å²) in [5, 5.41) is 0. The van der Waals surface area contributed by atoms with Crippen LogP contribution in [0.25, 0.3) is 0 Å². The SMILES string of the molecule is CC1(N)CCC(CN)C1(C)C. The van der Waals surface area contributed by atoms with E-state index in [1.807, 2.05) is 0 Å². The number of hydrogen-bond donors (Lipinski definition) is 2.